The lowest BCUT2D eigenvalue weighted by Crippen LogP contribution is -2.32. The van der Waals surface area contributed by atoms with E-state index in [1.807, 2.05) is 18.2 Å². The van der Waals surface area contributed by atoms with Crippen molar-refractivity contribution in [3.63, 3.8) is 0 Å². The summed E-state index contributed by atoms with van der Waals surface area (Å²) in [5, 5.41) is 7.47. The number of thiocarbonyl (C=S) groups is 1. The first-order valence-electron chi connectivity index (χ1n) is 7.05. The van der Waals surface area contributed by atoms with Crippen molar-refractivity contribution >= 4 is 34.6 Å². The van der Waals surface area contributed by atoms with Gasteiger partial charge < -0.3 is 15.4 Å². The van der Waals surface area contributed by atoms with Gasteiger partial charge in [-0.15, -0.1) is 0 Å². The van der Waals surface area contributed by atoms with E-state index in [4.69, 9.17) is 28.6 Å². The molecule has 0 saturated carbocycles. The Morgan fingerprint density at radius 2 is 1.82 bits per heavy atom. The zero-order chi connectivity index (χ0) is 15.9. The van der Waals surface area contributed by atoms with Crippen LogP contribution in [0.2, 0.25) is 5.02 Å². The molecule has 0 aromatic heterocycles. The molecule has 0 unspecified atom stereocenters. The van der Waals surface area contributed by atoms with Crippen LogP contribution in [0.3, 0.4) is 0 Å². The van der Waals surface area contributed by atoms with E-state index in [0.717, 1.165) is 5.69 Å². The maximum absolute atomic E-state index is 6.02. The van der Waals surface area contributed by atoms with Crippen molar-refractivity contribution in [2.45, 2.75) is 13.8 Å². The Balaban J connectivity index is 1.75. The molecular formula is C17H19ClN2OS. The number of hydrogen-bond donors (Lipinski definition) is 2. The van der Waals surface area contributed by atoms with Crippen molar-refractivity contribution < 1.29 is 4.74 Å². The van der Waals surface area contributed by atoms with Crippen molar-refractivity contribution in [3.05, 3.63) is 58.6 Å². The highest BCUT2D eigenvalue weighted by Crippen LogP contribution is 2.22. The lowest BCUT2D eigenvalue weighted by molar-refractivity contribution is 0.323. The smallest absolute Gasteiger partial charge is 0.170 e. The molecule has 0 saturated heterocycles. The van der Waals surface area contributed by atoms with Crippen LogP contribution in [0.1, 0.15) is 11.1 Å². The van der Waals surface area contributed by atoms with Crippen LogP contribution in [-0.2, 0) is 0 Å². The van der Waals surface area contributed by atoms with Crippen LogP contribution in [0.4, 0.5) is 5.69 Å². The molecule has 2 aromatic carbocycles. The minimum absolute atomic E-state index is 0.485. The van der Waals surface area contributed by atoms with Gasteiger partial charge in [-0.1, -0.05) is 29.8 Å². The second kappa shape index (κ2) is 8.01. The SMILES string of the molecule is Cc1cc(C)cc(NC(=S)NCCOc2ccccc2Cl)c1. The van der Waals surface area contributed by atoms with Gasteiger partial charge in [0.25, 0.3) is 0 Å². The second-order valence-electron chi connectivity index (χ2n) is 5.04. The second-order valence-corrected chi connectivity index (χ2v) is 5.85. The first-order valence-corrected chi connectivity index (χ1v) is 7.84. The minimum Gasteiger partial charge on any atom is -0.490 e. The van der Waals surface area contributed by atoms with E-state index in [1.165, 1.54) is 11.1 Å². The van der Waals surface area contributed by atoms with Crippen molar-refractivity contribution in [2.24, 2.45) is 0 Å². The Morgan fingerprint density at radius 1 is 1.14 bits per heavy atom. The molecule has 0 bridgehead atoms. The summed E-state index contributed by atoms with van der Waals surface area (Å²) in [6.45, 7) is 5.21. The zero-order valence-electron chi connectivity index (χ0n) is 12.7. The summed E-state index contributed by atoms with van der Waals surface area (Å²) in [6.07, 6.45) is 0. The molecule has 3 nitrogen and oxygen atoms in total. The van der Waals surface area contributed by atoms with Crippen molar-refractivity contribution in [1.82, 2.24) is 5.32 Å². The fourth-order valence-corrected chi connectivity index (χ4v) is 2.52. The van der Waals surface area contributed by atoms with E-state index < -0.39 is 0 Å². The molecular weight excluding hydrogens is 316 g/mol. The first kappa shape index (κ1) is 16.6. The number of aryl methyl sites for hydroxylation is 2. The third-order valence-corrected chi connectivity index (χ3v) is 3.52. The summed E-state index contributed by atoms with van der Waals surface area (Å²) in [5.74, 6) is 0.680. The average Bonchev–Trinajstić information content (AvgIpc) is 2.44. The van der Waals surface area contributed by atoms with Gasteiger partial charge in [0, 0.05) is 5.69 Å². The molecule has 2 N–H and O–H groups in total. The molecule has 0 spiro atoms. The number of anilines is 1. The molecule has 22 heavy (non-hydrogen) atoms. The van der Waals surface area contributed by atoms with Crippen molar-refractivity contribution in [3.8, 4) is 5.75 Å². The summed E-state index contributed by atoms with van der Waals surface area (Å²) < 4.78 is 5.59. The van der Waals surface area contributed by atoms with E-state index in [1.54, 1.807) is 6.07 Å². The fraction of sp³-hybridized carbons (Fsp3) is 0.235. The number of ether oxygens (including phenoxy) is 1. The normalized spacial score (nSPS) is 10.1. The average molecular weight is 335 g/mol. The number of hydrogen-bond acceptors (Lipinski definition) is 2. The maximum atomic E-state index is 6.02. The molecule has 2 aromatic rings. The van der Waals surface area contributed by atoms with Crippen LogP contribution >= 0.6 is 23.8 Å². The lowest BCUT2D eigenvalue weighted by Gasteiger charge is -2.12. The predicted octanol–water partition coefficient (Wildman–Crippen LogP) is 4.32. The molecule has 0 radical (unpaired) electrons. The van der Waals surface area contributed by atoms with Gasteiger partial charge in [0.1, 0.15) is 12.4 Å². The molecule has 116 valence electrons. The Labute approximate surface area is 141 Å². The predicted molar refractivity (Wildman–Crippen MR) is 97.1 cm³/mol. The van der Waals surface area contributed by atoms with E-state index >= 15 is 0 Å². The fourth-order valence-electron chi connectivity index (χ4n) is 2.11. The standard InChI is InChI=1S/C17H19ClN2OS/c1-12-9-13(2)11-14(10-12)20-17(22)19-7-8-21-16-6-4-3-5-15(16)18/h3-6,9-11H,7-8H2,1-2H3,(H2,19,20,22). The molecule has 0 aliphatic heterocycles. The summed E-state index contributed by atoms with van der Waals surface area (Å²) >= 11 is 11.3. The van der Waals surface area contributed by atoms with Gasteiger partial charge in [-0.2, -0.15) is 0 Å². The number of rotatable bonds is 5. The van der Waals surface area contributed by atoms with Gasteiger partial charge in [-0.25, -0.2) is 0 Å². The van der Waals surface area contributed by atoms with E-state index in [0.29, 0.717) is 29.0 Å². The van der Waals surface area contributed by atoms with Crippen LogP contribution in [-0.4, -0.2) is 18.3 Å². The van der Waals surface area contributed by atoms with Crippen LogP contribution in [0, 0.1) is 13.8 Å². The molecule has 5 heteroatoms. The van der Waals surface area contributed by atoms with Gasteiger partial charge in [0.15, 0.2) is 5.11 Å². The Kier molecular flexibility index (Phi) is 6.04. The van der Waals surface area contributed by atoms with Crippen LogP contribution in [0.25, 0.3) is 0 Å². The quantitative estimate of drug-likeness (QED) is 0.630. The largest absolute Gasteiger partial charge is 0.490 e. The first-order chi connectivity index (χ1) is 10.5. The van der Waals surface area contributed by atoms with Gasteiger partial charge in [0.2, 0.25) is 0 Å². The molecule has 0 fully saturated rings. The van der Waals surface area contributed by atoms with Gasteiger partial charge >= 0.3 is 0 Å². The summed E-state index contributed by atoms with van der Waals surface area (Å²) in [5.41, 5.74) is 3.39. The monoisotopic (exact) mass is 334 g/mol. The Bertz CT molecular complexity index is 641. The molecule has 0 aliphatic rings. The van der Waals surface area contributed by atoms with E-state index in [9.17, 15) is 0 Å². The lowest BCUT2D eigenvalue weighted by atomic mass is 10.1. The number of nitrogens with one attached hydrogen (secondary N) is 2. The number of para-hydroxylation sites is 1. The minimum atomic E-state index is 0.485. The molecule has 0 atom stereocenters. The summed E-state index contributed by atoms with van der Waals surface area (Å²) in [4.78, 5) is 0. The molecule has 0 heterocycles. The van der Waals surface area contributed by atoms with Crippen molar-refractivity contribution in [2.75, 3.05) is 18.5 Å². The van der Waals surface area contributed by atoms with Crippen LogP contribution < -0.4 is 15.4 Å². The topological polar surface area (TPSA) is 33.3 Å². The number of halogens is 1. The maximum Gasteiger partial charge on any atom is 0.170 e. The molecule has 0 aliphatic carbocycles. The number of benzene rings is 2. The Morgan fingerprint density at radius 3 is 2.50 bits per heavy atom. The zero-order valence-corrected chi connectivity index (χ0v) is 14.2. The summed E-state index contributed by atoms with van der Waals surface area (Å²) in [6, 6.07) is 13.6. The highest BCUT2D eigenvalue weighted by molar-refractivity contribution is 7.80. The third-order valence-electron chi connectivity index (χ3n) is 2.96. The highest BCUT2D eigenvalue weighted by Gasteiger charge is 2.01. The van der Waals surface area contributed by atoms with Crippen LogP contribution in [0.15, 0.2) is 42.5 Å². The molecule has 2 rings (SSSR count). The van der Waals surface area contributed by atoms with E-state index in [2.05, 4.69) is 42.7 Å². The van der Waals surface area contributed by atoms with Crippen molar-refractivity contribution in [1.29, 1.82) is 0 Å². The Hall–Kier alpha value is -1.78. The third kappa shape index (κ3) is 5.20. The van der Waals surface area contributed by atoms with Gasteiger partial charge in [-0.05, 0) is 61.5 Å². The molecule has 0 amide bonds. The van der Waals surface area contributed by atoms with Crippen LogP contribution in [0.5, 0.6) is 5.75 Å². The highest BCUT2D eigenvalue weighted by atomic mass is 35.5. The van der Waals surface area contributed by atoms with Gasteiger partial charge in [-0.3, -0.25) is 0 Å². The summed E-state index contributed by atoms with van der Waals surface area (Å²) in [7, 11) is 0. The van der Waals surface area contributed by atoms with E-state index in [-0.39, 0.29) is 0 Å². The van der Waals surface area contributed by atoms with Gasteiger partial charge in [0.05, 0.1) is 11.6 Å².